The zero-order valence-corrected chi connectivity index (χ0v) is 20.3. The number of esters is 1. The van der Waals surface area contributed by atoms with Crippen LogP contribution in [-0.2, 0) is 9.53 Å². The summed E-state index contributed by atoms with van der Waals surface area (Å²) in [5.41, 5.74) is -1.76. The zero-order valence-electron chi connectivity index (χ0n) is 20.3. The van der Waals surface area contributed by atoms with Crippen molar-refractivity contribution >= 4 is 27.8 Å². The Labute approximate surface area is 218 Å². The number of aromatic hydroxyl groups is 5. The Morgan fingerprint density at radius 1 is 0.923 bits per heavy atom. The third kappa shape index (κ3) is 4.25. The quantitative estimate of drug-likeness (QED) is 0.144. The number of benzene rings is 3. The first-order valence-electron chi connectivity index (χ1n) is 11.6. The molecule has 0 radical (unpaired) electrons. The summed E-state index contributed by atoms with van der Waals surface area (Å²) in [6, 6.07) is 12.6. The number of aromatic nitrogens is 1. The lowest BCUT2D eigenvalue weighted by Crippen LogP contribution is -2.20. The van der Waals surface area contributed by atoms with E-state index in [1.54, 1.807) is 24.3 Å². The second-order valence-electron chi connectivity index (χ2n) is 8.82. The van der Waals surface area contributed by atoms with Gasteiger partial charge in [0.05, 0.1) is 13.5 Å². The van der Waals surface area contributed by atoms with Gasteiger partial charge < -0.3 is 39.7 Å². The number of hydrogen-bond acceptors (Lipinski definition) is 10. The normalized spacial score (nSPS) is 12.0. The molecule has 0 fully saturated rings. The molecule has 3 aromatic carbocycles. The van der Waals surface area contributed by atoms with Gasteiger partial charge in [0.2, 0.25) is 11.2 Å². The Morgan fingerprint density at radius 3 is 2.38 bits per heavy atom. The van der Waals surface area contributed by atoms with Gasteiger partial charge in [0.25, 0.3) is 5.56 Å². The minimum absolute atomic E-state index is 0.0244. The van der Waals surface area contributed by atoms with E-state index in [1.165, 1.54) is 12.1 Å². The number of phenols is 4. The van der Waals surface area contributed by atoms with Gasteiger partial charge in [0.1, 0.15) is 22.5 Å². The molecule has 11 nitrogen and oxygen atoms in total. The molecule has 1 unspecified atom stereocenters. The fourth-order valence-electron chi connectivity index (χ4n) is 4.58. The molecule has 0 aliphatic carbocycles. The Bertz CT molecular complexity index is 1900. The maximum Gasteiger partial charge on any atom is 0.306 e. The van der Waals surface area contributed by atoms with Gasteiger partial charge in [-0.1, -0.05) is 18.2 Å². The number of nitrogens with one attached hydrogen (secondary N) is 1. The van der Waals surface area contributed by atoms with Crippen molar-refractivity contribution in [3.05, 3.63) is 86.3 Å². The molecule has 6 N–H and O–H groups in total. The molecule has 5 rings (SSSR count). The smallest absolute Gasteiger partial charge is 0.306 e. The van der Waals surface area contributed by atoms with Crippen molar-refractivity contribution in [3.8, 4) is 40.1 Å². The Hall–Kier alpha value is -5.45. The molecule has 0 aliphatic heterocycles. The third-order valence-electron chi connectivity index (χ3n) is 6.48. The fourth-order valence-corrected chi connectivity index (χ4v) is 4.58. The number of carbonyl (C=O) groups is 1. The van der Waals surface area contributed by atoms with Gasteiger partial charge in [-0.15, -0.1) is 0 Å². The molecule has 0 amide bonds. The van der Waals surface area contributed by atoms with Crippen LogP contribution in [0.3, 0.4) is 0 Å². The van der Waals surface area contributed by atoms with E-state index in [4.69, 9.17) is 9.15 Å². The van der Waals surface area contributed by atoms with Crippen LogP contribution < -0.4 is 11.0 Å². The van der Waals surface area contributed by atoms with Crippen LogP contribution in [0.5, 0.6) is 28.7 Å². The van der Waals surface area contributed by atoms with Crippen LogP contribution in [0.15, 0.2) is 68.6 Å². The maximum atomic E-state index is 13.2. The summed E-state index contributed by atoms with van der Waals surface area (Å²) in [6.45, 7) is 0. The molecule has 198 valence electrons. The second-order valence-corrected chi connectivity index (χ2v) is 8.82. The molecular formula is C28H21NO10. The lowest BCUT2D eigenvalue weighted by molar-refractivity contribution is -0.140. The van der Waals surface area contributed by atoms with Crippen LogP contribution in [0.4, 0.5) is 0 Å². The van der Waals surface area contributed by atoms with Gasteiger partial charge in [0, 0.05) is 34.2 Å². The first kappa shape index (κ1) is 25.2. The van der Waals surface area contributed by atoms with E-state index >= 15 is 0 Å². The standard InChI is InChI=1S/C28H21NO10/c1-38-21(34)10-14(15-8-12-4-2-3-5-16(12)29-28(15)37)22-19(32)11-20(33)23-24(35)25(36)26(39-27(22)23)13-6-7-17(30)18(31)9-13/h2-9,11,14,30-33,36H,10H2,1H3,(H,29,37). The summed E-state index contributed by atoms with van der Waals surface area (Å²) < 4.78 is 10.7. The molecular weight excluding hydrogens is 510 g/mol. The zero-order chi connectivity index (χ0) is 28.0. The third-order valence-corrected chi connectivity index (χ3v) is 6.48. The highest BCUT2D eigenvalue weighted by atomic mass is 16.5. The van der Waals surface area contributed by atoms with E-state index in [0.717, 1.165) is 25.3 Å². The van der Waals surface area contributed by atoms with Crippen LogP contribution in [0.1, 0.15) is 23.5 Å². The summed E-state index contributed by atoms with van der Waals surface area (Å²) in [6.07, 6.45) is -0.467. The number of rotatable bonds is 5. The lowest BCUT2D eigenvalue weighted by Gasteiger charge is -2.20. The number of phenolic OH excluding ortho intramolecular Hbond substituents is 4. The van der Waals surface area contributed by atoms with Crippen LogP contribution in [0.2, 0.25) is 0 Å². The number of fused-ring (bicyclic) bond motifs is 2. The van der Waals surface area contributed by atoms with Crippen molar-refractivity contribution in [1.29, 1.82) is 0 Å². The highest BCUT2D eigenvalue weighted by Crippen LogP contribution is 2.44. The minimum atomic E-state index is -1.23. The SMILES string of the molecule is COC(=O)CC(c1cc2ccccc2[nH]c1=O)c1c(O)cc(O)c2c(=O)c(O)c(-c3ccc(O)c(O)c3)oc12. The first-order chi connectivity index (χ1) is 18.6. The summed E-state index contributed by atoms with van der Waals surface area (Å²) in [5, 5.41) is 51.9. The lowest BCUT2D eigenvalue weighted by atomic mass is 9.86. The van der Waals surface area contributed by atoms with E-state index in [-0.39, 0.29) is 16.7 Å². The van der Waals surface area contributed by atoms with Crippen molar-refractivity contribution in [2.24, 2.45) is 0 Å². The first-order valence-corrected chi connectivity index (χ1v) is 11.6. The minimum Gasteiger partial charge on any atom is -0.507 e. The average Bonchev–Trinajstić information content (AvgIpc) is 2.90. The van der Waals surface area contributed by atoms with Crippen molar-refractivity contribution < 1.29 is 39.5 Å². The number of ether oxygens (including phenoxy) is 1. The molecule has 2 heterocycles. The van der Waals surface area contributed by atoms with Gasteiger partial charge in [-0.2, -0.15) is 0 Å². The van der Waals surface area contributed by atoms with Crippen LogP contribution in [0, 0.1) is 0 Å². The molecule has 0 aliphatic rings. The number of para-hydroxylation sites is 1. The Morgan fingerprint density at radius 2 is 1.67 bits per heavy atom. The highest BCUT2D eigenvalue weighted by Gasteiger charge is 2.31. The molecule has 0 spiro atoms. The second kappa shape index (κ2) is 9.45. The van der Waals surface area contributed by atoms with Gasteiger partial charge >= 0.3 is 5.97 Å². The molecule has 1 atom stereocenters. The van der Waals surface area contributed by atoms with Crippen molar-refractivity contribution in [2.75, 3.05) is 7.11 Å². The molecule has 2 aromatic heterocycles. The average molecular weight is 531 g/mol. The van der Waals surface area contributed by atoms with Gasteiger partial charge in [-0.3, -0.25) is 14.4 Å². The fraction of sp³-hybridized carbons (Fsp3) is 0.107. The molecule has 5 aromatic rings. The topological polar surface area (TPSA) is 191 Å². The highest BCUT2D eigenvalue weighted by molar-refractivity contribution is 5.92. The largest absolute Gasteiger partial charge is 0.507 e. The van der Waals surface area contributed by atoms with Crippen LogP contribution in [-0.4, -0.2) is 43.6 Å². The molecule has 11 heteroatoms. The molecule has 0 saturated heterocycles. The summed E-state index contributed by atoms with van der Waals surface area (Å²) >= 11 is 0. The van der Waals surface area contributed by atoms with E-state index in [9.17, 15) is 39.9 Å². The van der Waals surface area contributed by atoms with Crippen LogP contribution >= 0.6 is 0 Å². The number of aromatic amines is 1. The number of hydrogen-bond donors (Lipinski definition) is 6. The number of methoxy groups -OCH3 is 1. The van der Waals surface area contributed by atoms with Crippen molar-refractivity contribution in [3.63, 3.8) is 0 Å². The summed E-state index contributed by atoms with van der Waals surface area (Å²) in [5.74, 6) is -5.73. The summed E-state index contributed by atoms with van der Waals surface area (Å²) in [7, 11) is 1.15. The molecule has 0 saturated carbocycles. The van der Waals surface area contributed by atoms with E-state index in [0.29, 0.717) is 10.9 Å². The maximum absolute atomic E-state index is 13.2. The predicted octanol–water partition coefficient (Wildman–Crippen LogP) is 3.52. The van der Waals surface area contributed by atoms with E-state index in [1.807, 2.05) is 0 Å². The Balaban J connectivity index is 1.88. The number of pyridine rings is 1. The van der Waals surface area contributed by atoms with E-state index in [2.05, 4.69) is 4.98 Å². The monoisotopic (exact) mass is 531 g/mol. The van der Waals surface area contributed by atoms with E-state index < -0.39 is 74.8 Å². The van der Waals surface area contributed by atoms with Crippen LogP contribution in [0.25, 0.3) is 33.2 Å². The predicted molar refractivity (Wildman–Crippen MR) is 139 cm³/mol. The van der Waals surface area contributed by atoms with Gasteiger partial charge in [-0.05, 0) is 35.7 Å². The van der Waals surface area contributed by atoms with Gasteiger partial charge in [0.15, 0.2) is 17.3 Å². The molecule has 39 heavy (non-hydrogen) atoms. The van der Waals surface area contributed by atoms with Gasteiger partial charge in [-0.25, -0.2) is 0 Å². The Kier molecular flexibility index (Phi) is 6.11. The van der Waals surface area contributed by atoms with Crippen molar-refractivity contribution in [1.82, 2.24) is 4.98 Å². The number of H-pyrrole nitrogens is 1. The summed E-state index contributed by atoms with van der Waals surface area (Å²) in [4.78, 5) is 41.6. The number of carbonyl (C=O) groups excluding carboxylic acids is 1. The molecule has 0 bridgehead atoms. The van der Waals surface area contributed by atoms with Crippen molar-refractivity contribution in [2.45, 2.75) is 12.3 Å².